The van der Waals surface area contributed by atoms with Crippen molar-refractivity contribution in [2.45, 2.75) is 31.9 Å². The number of hydrogen-bond donors (Lipinski definition) is 2. The lowest BCUT2D eigenvalue weighted by Crippen LogP contribution is -2.42. The van der Waals surface area contributed by atoms with Crippen LogP contribution in [0.4, 0.5) is 5.69 Å². The molecule has 82 valence electrons. The minimum atomic E-state index is -0.188. The van der Waals surface area contributed by atoms with E-state index in [1.54, 1.807) is 7.11 Å². The van der Waals surface area contributed by atoms with Crippen LogP contribution in [0.3, 0.4) is 0 Å². The molecule has 0 heterocycles. The summed E-state index contributed by atoms with van der Waals surface area (Å²) in [6.45, 7) is 2.04. The zero-order valence-corrected chi connectivity index (χ0v) is 9.16. The third-order valence-corrected chi connectivity index (χ3v) is 3.01. The molecule has 1 aromatic rings. The van der Waals surface area contributed by atoms with E-state index in [0.29, 0.717) is 0 Å². The van der Waals surface area contributed by atoms with Crippen molar-refractivity contribution in [3.05, 3.63) is 23.8 Å². The van der Waals surface area contributed by atoms with Crippen LogP contribution in [0.5, 0.6) is 5.75 Å². The van der Waals surface area contributed by atoms with Gasteiger partial charge >= 0.3 is 0 Å². The largest absolute Gasteiger partial charge is 0.497 e. The fraction of sp³-hybridized carbons (Fsp3) is 0.500. The fourth-order valence-electron chi connectivity index (χ4n) is 1.78. The number of aliphatic hydroxyl groups is 1. The van der Waals surface area contributed by atoms with E-state index in [-0.39, 0.29) is 12.1 Å². The van der Waals surface area contributed by atoms with Crippen molar-refractivity contribution in [2.75, 3.05) is 12.4 Å². The highest BCUT2D eigenvalue weighted by Crippen LogP contribution is 2.27. The van der Waals surface area contributed by atoms with Gasteiger partial charge in [0.15, 0.2) is 0 Å². The van der Waals surface area contributed by atoms with Gasteiger partial charge in [-0.05, 0) is 43.5 Å². The first kappa shape index (κ1) is 10.3. The van der Waals surface area contributed by atoms with Crippen molar-refractivity contribution in [1.29, 1.82) is 0 Å². The Bertz CT molecular complexity index is 351. The molecule has 0 unspecified atom stereocenters. The minimum absolute atomic E-state index is 0.188. The molecule has 0 spiro atoms. The van der Waals surface area contributed by atoms with Crippen LogP contribution >= 0.6 is 0 Å². The van der Waals surface area contributed by atoms with Gasteiger partial charge in [0.1, 0.15) is 5.75 Å². The summed E-state index contributed by atoms with van der Waals surface area (Å²) in [5.41, 5.74) is 2.23. The molecule has 1 fully saturated rings. The lowest BCUT2D eigenvalue weighted by molar-refractivity contribution is 0.0786. The van der Waals surface area contributed by atoms with Crippen molar-refractivity contribution < 1.29 is 9.84 Å². The van der Waals surface area contributed by atoms with Crippen LogP contribution in [0.15, 0.2) is 18.2 Å². The SMILES string of the molecule is COc1ccc(N[C@@H]2CC[C@H]2O)c(C)c1. The third-order valence-electron chi connectivity index (χ3n) is 3.01. The van der Waals surface area contributed by atoms with Crippen molar-refractivity contribution in [3.8, 4) is 5.75 Å². The summed E-state index contributed by atoms with van der Waals surface area (Å²) in [4.78, 5) is 0. The van der Waals surface area contributed by atoms with Crippen LogP contribution in [-0.2, 0) is 0 Å². The van der Waals surface area contributed by atoms with Gasteiger partial charge in [-0.3, -0.25) is 0 Å². The minimum Gasteiger partial charge on any atom is -0.497 e. The van der Waals surface area contributed by atoms with Crippen LogP contribution in [-0.4, -0.2) is 24.4 Å². The van der Waals surface area contributed by atoms with Crippen molar-refractivity contribution in [1.82, 2.24) is 0 Å². The first-order valence-corrected chi connectivity index (χ1v) is 5.30. The second-order valence-corrected chi connectivity index (χ2v) is 4.08. The Balaban J connectivity index is 2.08. The van der Waals surface area contributed by atoms with Crippen LogP contribution < -0.4 is 10.1 Å². The van der Waals surface area contributed by atoms with Gasteiger partial charge in [-0.15, -0.1) is 0 Å². The van der Waals surface area contributed by atoms with Crippen LogP contribution in [0.1, 0.15) is 18.4 Å². The van der Waals surface area contributed by atoms with E-state index in [9.17, 15) is 5.11 Å². The molecule has 3 nitrogen and oxygen atoms in total. The molecule has 2 rings (SSSR count). The maximum atomic E-state index is 9.47. The Morgan fingerprint density at radius 3 is 2.67 bits per heavy atom. The van der Waals surface area contributed by atoms with E-state index < -0.39 is 0 Å². The second kappa shape index (κ2) is 4.11. The molecule has 0 amide bonds. The van der Waals surface area contributed by atoms with Crippen LogP contribution in [0.2, 0.25) is 0 Å². The van der Waals surface area contributed by atoms with E-state index in [4.69, 9.17) is 4.74 Å². The number of methoxy groups -OCH3 is 1. The summed E-state index contributed by atoms with van der Waals surface area (Å²) in [7, 11) is 1.66. The van der Waals surface area contributed by atoms with E-state index in [0.717, 1.165) is 29.8 Å². The summed E-state index contributed by atoms with van der Waals surface area (Å²) < 4.78 is 5.14. The lowest BCUT2D eigenvalue weighted by Gasteiger charge is -2.34. The average molecular weight is 207 g/mol. The number of rotatable bonds is 3. The van der Waals surface area contributed by atoms with Crippen molar-refractivity contribution in [3.63, 3.8) is 0 Å². The van der Waals surface area contributed by atoms with Crippen molar-refractivity contribution in [2.24, 2.45) is 0 Å². The molecule has 1 aromatic carbocycles. The third kappa shape index (κ3) is 2.07. The normalized spacial score (nSPS) is 24.5. The highest BCUT2D eigenvalue weighted by molar-refractivity contribution is 5.54. The van der Waals surface area contributed by atoms with Gasteiger partial charge in [0.25, 0.3) is 0 Å². The number of aliphatic hydroxyl groups excluding tert-OH is 1. The number of hydrogen-bond acceptors (Lipinski definition) is 3. The summed E-state index contributed by atoms with van der Waals surface area (Å²) >= 11 is 0. The number of benzene rings is 1. The Morgan fingerprint density at radius 1 is 1.40 bits per heavy atom. The Hall–Kier alpha value is -1.22. The molecule has 0 aromatic heterocycles. The molecule has 2 N–H and O–H groups in total. The number of nitrogens with one attached hydrogen (secondary N) is 1. The van der Waals surface area contributed by atoms with Gasteiger partial charge in [0.2, 0.25) is 0 Å². The van der Waals surface area contributed by atoms with Gasteiger partial charge in [0, 0.05) is 5.69 Å². The first-order chi connectivity index (χ1) is 7.20. The molecule has 2 atom stereocenters. The molecule has 1 aliphatic carbocycles. The summed E-state index contributed by atoms with van der Waals surface area (Å²) in [6, 6.07) is 6.14. The Labute approximate surface area is 90.1 Å². The van der Waals surface area contributed by atoms with E-state index >= 15 is 0 Å². The fourth-order valence-corrected chi connectivity index (χ4v) is 1.78. The van der Waals surface area contributed by atoms with Crippen LogP contribution in [0, 0.1) is 6.92 Å². The van der Waals surface area contributed by atoms with E-state index in [2.05, 4.69) is 5.32 Å². The molecule has 0 bridgehead atoms. The quantitative estimate of drug-likeness (QED) is 0.796. The van der Waals surface area contributed by atoms with Gasteiger partial charge in [0.05, 0.1) is 19.3 Å². The smallest absolute Gasteiger partial charge is 0.119 e. The number of aryl methyl sites for hydroxylation is 1. The molecule has 1 saturated carbocycles. The van der Waals surface area contributed by atoms with Gasteiger partial charge < -0.3 is 15.2 Å². The summed E-state index contributed by atoms with van der Waals surface area (Å²) in [5.74, 6) is 0.868. The van der Waals surface area contributed by atoms with Gasteiger partial charge in [-0.2, -0.15) is 0 Å². The predicted octanol–water partition coefficient (Wildman–Crippen LogP) is 1.94. The molecule has 15 heavy (non-hydrogen) atoms. The average Bonchev–Trinajstić information content (AvgIpc) is 2.25. The Morgan fingerprint density at radius 2 is 2.20 bits per heavy atom. The van der Waals surface area contributed by atoms with Crippen molar-refractivity contribution >= 4 is 5.69 Å². The van der Waals surface area contributed by atoms with Gasteiger partial charge in [-0.1, -0.05) is 0 Å². The standard InChI is InChI=1S/C12H17NO2/c1-8-7-9(15-2)3-4-10(8)13-11-5-6-12(11)14/h3-4,7,11-14H,5-6H2,1-2H3/t11-,12-/m1/s1. The molecular formula is C12H17NO2. The topological polar surface area (TPSA) is 41.5 Å². The highest BCUT2D eigenvalue weighted by Gasteiger charge is 2.28. The molecule has 0 radical (unpaired) electrons. The zero-order valence-electron chi connectivity index (χ0n) is 9.16. The Kier molecular flexibility index (Phi) is 2.82. The molecule has 3 heteroatoms. The predicted molar refractivity (Wildman–Crippen MR) is 60.4 cm³/mol. The van der Waals surface area contributed by atoms with Gasteiger partial charge in [-0.25, -0.2) is 0 Å². The van der Waals surface area contributed by atoms with Crippen LogP contribution in [0.25, 0.3) is 0 Å². The lowest BCUT2D eigenvalue weighted by atomic mass is 9.89. The molecular weight excluding hydrogens is 190 g/mol. The summed E-state index contributed by atoms with van der Waals surface area (Å²) in [5, 5.41) is 12.8. The van der Waals surface area contributed by atoms with E-state index in [1.807, 2.05) is 25.1 Å². The maximum absolute atomic E-state index is 9.47. The molecule has 0 aliphatic heterocycles. The number of anilines is 1. The monoisotopic (exact) mass is 207 g/mol. The maximum Gasteiger partial charge on any atom is 0.119 e. The highest BCUT2D eigenvalue weighted by atomic mass is 16.5. The first-order valence-electron chi connectivity index (χ1n) is 5.30. The number of ether oxygens (including phenoxy) is 1. The second-order valence-electron chi connectivity index (χ2n) is 4.08. The molecule has 0 saturated heterocycles. The summed E-state index contributed by atoms with van der Waals surface area (Å²) in [6.07, 6.45) is 1.77. The van der Waals surface area contributed by atoms with E-state index in [1.165, 1.54) is 0 Å². The molecule has 1 aliphatic rings. The zero-order chi connectivity index (χ0) is 10.8.